The summed E-state index contributed by atoms with van der Waals surface area (Å²) in [6.45, 7) is 4.45. The van der Waals surface area contributed by atoms with E-state index in [1.807, 2.05) is 12.5 Å². The fourth-order valence-corrected chi connectivity index (χ4v) is 6.10. The van der Waals surface area contributed by atoms with Gasteiger partial charge in [-0.3, -0.25) is 4.90 Å². The Kier molecular flexibility index (Phi) is 4.02. The van der Waals surface area contributed by atoms with Gasteiger partial charge in [0.05, 0.1) is 26.0 Å². The lowest BCUT2D eigenvalue weighted by Crippen LogP contribution is -2.52. The van der Waals surface area contributed by atoms with Crippen LogP contribution in [0.15, 0.2) is 29.0 Å². The van der Waals surface area contributed by atoms with E-state index in [1.54, 1.807) is 0 Å². The number of nitrogens with one attached hydrogen (secondary N) is 1. The molecule has 7 rings (SSSR count). The van der Waals surface area contributed by atoms with E-state index in [9.17, 15) is 0 Å². The van der Waals surface area contributed by atoms with Gasteiger partial charge in [-0.1, -0.05) is 12.8 Å². The molecule has 4 heterocycles. The van der Waals surface area contributed by atoms with Crippen molar-refractivity contribution in [2.45, 2.75) is 50.6 Å². The molecule has 2 bridgehead atoms. The van der Waals surface area contributed by atoms with E-state index in [4.69, 9.17) is 14.1 Å². The molecular formula is C23H29N3O2. The Morgan fingerprint density at radius 1 is 1.11 bits per heavy atom. The van der Waals surface area contributed by atoms with Gasteiger partial charge in [-0.15, -0.1) is 0 Å². The number of hydrogen-bond donors (Lipinski definition) is 1. The van der Waals surface area contributed by atoms with Crippen LogP contribution in [0.2, 0.25) is 0 Å². The minimum absolute atomic E-state index is 0.285. The molecule has 2 aromatic heterocycles. The number of hydrogen-bond acceptors (Lipinski definition) is 5. The van der Waals surface area contributed by atoms with Crippen LogP contribution in [0.1, 0.15) is 43.4 Å². The second-order valence-electron chi connectivity index (χ2n) is 9.30. The molecule has 5 nitrogen and oxygen atoms in total. The van der Waals surface area contributed by atoms with Gasteiger partial charge in [-0.05, 0) is 55.2 Å². The Hall–Kier alpha value is -1.85. The molecule has 1 N–H and O–H groups in total. The standard InChI is InChI=1S/C23H29N3O2/c1-3-20-4-2-16(1)11-23(20)12-17-9-18(13-24-22(17)25-23)19-10-21(28-15-19)14-26-5-7-27-8-6-26/h9-10,13,15-16,20H,1-8,11-12,14H2,(H,24,25). The van der Waals surface area contributed by atoms with Crippen LogP contribution in [0, 0.1) is 11.8 Å². The molecule has 3 aliphatic carbocycles. The third-order valence-electron chi connectivity index (χ3n) is 7.59. The maximum Gasteiger partial charge on any atom is 0.129 e. The molecule has 28 heavy (non-hydrogen) atoms. The first kappa shape index (κ1) is 17.0. The molecule has 1 spiro atoms. The summed E-state index contributed by atoms with van der Waals surface area (Å²) in [7, 11) is 0. The van der Waals surface area contributed by atoms with Crippen molar-refractivity contribution < 1.29 is 9.15 Å². The predicted octanol–water partition coefficient (Wildman–Crippen LogP) is 4.09. The van der Waals surface area contributed by atoms with E-state index in [-0.39, 0.29) is 5.54 Å². The summed E-state index contributed by atoms with van der Waals surface area (Å²) >= 11 is 0. The zero-order valence-corrected chi connectivity index (χ0v) is 16.5. The lowest BCUT2D eigenvalue weighted by Gasteiger charge is -2.50. The molecule has 0 aromatic carbocycles. The second-order valence-corrected chi connectivity index (χ2v) is 9.30. The van der Waals surface area contributed by atoms with Crippen LogP contribution < -0.4 is 5.32 Å². The molecule has 5 heteroatoms. The molecule has 0 radical (unpaired) electrons. The van der Waals surface area contributed by atoms with Gasteiger partial charge in [-0.2, -0.15) is 0 Å². The monoisotopic (exact) mass is 379 g/mol. The Labute approximate surface area is 166 Å². The highest BCUT2D eigenvalue weighted by atomic mass is 16.5. The Bertz CT molecular complexity index is 864. The summed E-state index contributed by atoms with van der Waals surface area (Å²) in [5.41, 5.74) is 3.99. The van der Waals surface area contributed by atoms with E-state index in [0.29, 0.717) is 0 Å². The summed E-state index contributed by atoms with van der Waals surface area (Å²) in [4.78, 5) is 7.20. The summed E-state index contributed by atoms with van der Waals surface area (Å²) in [6, 6.07) is 4.52. The van der Waals surface area contributed by atoms with Gasteiger partial charge in [0.2, 0.25) is 0 Å². The zero-order valence-electron chi connectivity index (χ0n) is 16.5. The van der Waals surface area contributed by atoms with Crippen LogP contribution in [0.4, 0.5) is 5.82 Å². The van der Waals surface area contributed by atoms with Crippen molar-refractivity contribution in [1.29, 1.82) is 0 Å². The number of morpholine rings is 1. The van der Waals surface area contributed by atoms with Crippen molar-refractivity contribution in [3.63, 3.8) is 0 Å². The average molecular weight is 380 g/mol. The van der Waals surface area contributed by atoms with Gasteiger partial charge < -0.3 is 14.5 Å². The van der Waals surface area contributed by atoms with Crippen LogP contribution in [0.3, 0.4) is 0 Å². The molecule has 5 aliphatic rings. The Balaban J connectivity index is 1.21. The van der Waals surface area contributed by atoms with Crippen LogP contribution in [0.5, 0.6) is 0 Å². The molecule has 0 amide bonds. The fraction of sp³-hybridized carbons (Fsp3) is 0.609. The van der Waals surface area contributed by atoms with Crippen molar-refractivity contribution in [1.82, 2.24) is 9.88 Å². The van der Waals surface area contributed by atoms with Gasteiger partial charge in [0.25, 0.3) is 0 Å². The molecule has 1 saturated heterocycles. The Morgan fingerprint density at radius 3 is 2.75 bits per heavy atom. The SMILES string of the molecule is c1nc2c(cc1-c1coc(CN3CCOCC3)c1)CC1(CC3CCC1CC3)N2. The summed E-state index contributed by atoms with van der Waals surface area (Å²) in [5.74, 6) is 3.89. The highest BCUT2D eigenvalue weighted by Gasteiger charge is 2.50. The third-order valence-corrected chi connectivity index (χ3v) is 7.59. The predicted molar refractivity (Wildman–Crippen MR) is 108 cm³/mol. The average Bonchev–Trinajstić information content (AvgIpc) is 3.33. The fourth-order valence-electron chi connectivity index (χ4n) is 6.10. The first-order valence-corrected chi connectivity index (χ1v) is 10.9. The summed E-state index contributed by atoms with van der Waals surface area (Å²) in [6.07, 6.45) is 12.0. The molecular weight excluding hydrogens is 350 g/mol. The number of anilines is 1. The number of ether oxygens (including phenoxy) is 1. The number of nitrogens with zero attached hydrogens (tertiary/aromatic N) is 2. The zero-order chi connectivity index (χ0) is 18.6. The van der Waals surface area contributed by atoms with Crippen molar-refractivity contribution >= 4 is 5.82 Å². The van der Waals surface area contributed by atoms with Gasteiger partial charge in [0.15, 0.2) is 0 Å². The topological polar surface area (TPSA) is 50.5 Å². The van der Waals surface area contributed by atoms with Crippen LogP contribution >= 0.6 is 0 Å². The van der Waals surface area contributed by atoms with Crippen LogP contribution in [-0.2, 0) is 17.7 Å². The van der Waals surface area contributed by atoms with Crippen LogP contribution in [0.25, 0.3) is 11.1 Å². The quantitative estimate of drug-likeness (QED) is 0.870. The maximum atomic E-state index is 5.87. The second kappa shape index (κ2) is 6.60. The highest BCUT2D eigenvalue weighted by molar-refractivity contribution is 5.67. The van der Waals surface area contributed by atoms with E-state index in [1.165, 1.54) is 43.2 Å². The molecule has 148 valence electrons. The molecule has 1 unspecified atom stereocenters. The third kappa shape index (κ3) is 2.87. The number of furan rings is 1. The number of rotatable bonds is 3. The number of fused-ring (bicyclic) bond motifs is 3. The van der Waals surface area contributed by atoms with Gasteiger partial charge in [0.1, 0.15) is 11.6 Å². The number of pyridine rings is 1. The van der Waals surface area contributed by atoms with Gasteiger partial charge >= 0.3 is 0 Å². The van der Waals surface area contributed by atoms with Gasteiger partial charge in [-0.25, -0.2) is 4.98 Å². The smallest absolute Gasteiger partial charge is 0.129 e. The minimum atomic E-state index is 0.285. The first-order valence-electron chi connectivity index (χ1n) is 10.9. The van der Waals surface area contributed by atoms with Gasteiger partial charge in [0, 0.05) is 36.0 Å². The lowest BCUT2D eigenvalue weighted by atomic mass is 9.59. The Morgan fingerprint density at radius 2 is 1.96 bits per heavy atom. The minimum Gasteiger partial charge on any atom is -0.467 e. The van der Waals surface area contributed by atoms with Crippen LogP contribution in [-0.4, -0.2) is 41.7 Å². The molecule has 3 saturated carbocycles. The van der Waals surface area contributed by atoms with E-state index in [0.717, 1.165) is 68.2 Å². The van der Waals surface area contributed by atoms with Crippen molar-refractivity contribution in [2.75, 3.05) is 31.6 Å². The van der Waals surface area contributed by atoms with E-state index in [2.05, 4.69) is 22.3 Å². The summed E-state index contributed by atoms with van der Waals surface area (Å²) < 4.78 is 11.3. The van der Waals surface area contributed by atoms with Crippen molar-refractivity contribution in [3.8, 4) is 11.1 Å². The molecule has 2 aromatic rings. The first-order chi connectivity index (χ1) is 13.8. The highest BCUT2D eigenvalue weighted by Crippen LogP contribution is 2.53. The maximum absolute atomic E-state index is 5.87. The van der Waals surface area contributed by atoms with E-state index >= 15 is 0 Å². The number of aromatic nitrogens is 1. The summed E-state index contributed by atoms with van der Waals surface area (Å²) in [5, 5.41) is 3.87. The van der Waals surface area contributed by atoms with E-state index < -0.39 is 0 Å². The lowest BCUT2D eigenvalue weighted by molar-refractivity contribution is 0.0313. The normalized spacial score (nSPS) is 31.9. The largest absolute Gasteiger partial charge is 0.467 e. The molecule has 1 atom stereocenters. The molecule has 4 fully saturated rings. The molecule has 2 aliphatic heterocycles. The van der Waals surface area contributed by atoms with Crippen molar-refractivity contribution in [2.24, 2.45) is 11.8 Å². The van der Waals surface area contributed by atoms with Crippen molar-refractivity contribution in [3.05, 3.63) is 35.9 Å².